The third kappa shape index (κ3) is 4.86. The van der Waals surface area contributed by atoms with Gasteiger partial charge >= 0.3 is 6.18 Å². The Bertz CT molecular complexity index is 1420. The van der Waals surface area contributed by atoms with E-state index in [1.165, 1.54) is 0 Å². The summed E-state index contributed by atoms with van der Waals surface area (Å²) in [5, 5.41) is 8.41. The highest BCUT2D eigenvalue weighted by Crippen LogP contribution is 2.31. The second-order valence-corrected chi connectivity index (χ2v) is 8.64. The van der Waals surface area contributed by atoms with Gasteiger partial charge in [-0.2, -0.15) is 13.2 Å². The van der Waals surface area contributed by atoms with Crippen molar-refractivity contribution in [3.8, 4) is 0 Å². The number of carbonyl (C=O) groups is 1. The molecule has 2 aromatic heterocycles. The zero-order valence-electron chi connectivity index (χ0n) is 19.1. The van der Waals surface area contributed by atoms with Crippen LogP contribution in [-0.4, -0.2) is 48.4 Å². The molecular weight excluding hydrogens is 476 g/mol. The predicted molar refractivity (Wildman–Crippen MR) is 124 cm³/mol. The summed E-state index contributed by atoms with van der Waals surface area (Å²) in [6.45, 7) is 1.37. The summed E-state index contributed by atoms with van der Waals surface area (Å²) < 4.78 is 56.5. The zero-order chi connectivity index (χ0) is 25.3. The van der Waals surface area contributed by atoms with E-state index in [2.05, 4.69) is 15.3 Å². The molecule has 0 saturated carbocycles. The minimum atomic E-state index is -4.59. The van der Waals surface area contributed by atoms with Crippen molar-refractivity contribution in [3.63, 3.8) is 0 Å². The van der Waals surface area contributed by atoms with Gasteiger partial charge in [0.2, 0.25) is 5.91 Å². The van der Waals surface area contributed by atoms with Gasteiger partial charge in [0.25, 0.3) is 0 Å². The van der Waals surface area contributed by atoms with Gasteiger partial charge in [-0.15, -0.1) is 5.10 Å². The summed E-state index contributed by atoms with van der Waals surface area (Å²) in [4.78, 5) is 18.8. The molecule has 1 aliphatic rings. The Hall–Kier alpha value is -4.02. The number of alkyl halides is 3. The highest BCUT2D eigenvalue weighted by molar-refractivity contribution is 5.91. The molecule has 7 nitrogen and oxygen atoms in total. The van der Waals surface area contributed by atoms with Crippen molar-refractivity contribution in [2.45, 2.75) is 31.6 Å². The molecule has 1 aliphatic heterocycles. The van der Waals surface area contributed by atoms with Gasteiger partial charge in [0.05, 0.1) is 11.1 Å². The molecule has 1 amide bonds. The van der Waals surface area contributed by atoms with E-state index < -0.39 is 17.6 Å². The maximum absolute atomic E-state index is 14.0. The van der Waals surface area contributed by atoms with E-state index >= 15 is 0 Å². The SMILES string of the molecule is O=C(C=Cc1cc(C(F)(F)F)ccc1F)N1CCC(c2nccn2Cn2nnc3ccccc32)CC1. The third-order valence-electron chi connectivity index (χ3n) is 6.35. The van der Waals surface area contributed by atoms with Gasteiger partial charge in [0, 0.05) is 43.0 Å². The largest absolute Gasteiger partial charge is 0.416 e. The van der Waals surface area contributed by atoms with Crippen LogP contribution in [-0.2, 0) is 17.6 Å². The monoisotopic (exact) mass is 498 g/mol. The lowest BCUT2D eigenvalue weighted by Gasteiger charge is -2.31. The van der Waals surface area contributed by atoms with Crippen molar-refractivity contribution in [1.82, 2.24) is 29.4 Å². The molecule has 1 saturated heterocycles. The van der Waals surface area contributed by atoms with Crippen LogP contribution in [0.4, 0.5) is 17.6 Å². The first-order valence-corrected chi connectivity index (χ1v) is 11.4. The minimum Gasteiger partial charge on any atom is -0.339 e. The Kier molecular flexibility index (Phi) is 6.29. The Morgan fingerprint density at radius 2 is 1.89 bits per heavy atom. The highest BCUT2D eigenvalue weighted by atomic mass is 19.4. The number of benzene rings is 2. The van der Waals surface area contributed by atoms with Crippen LogP contribution in [0.3, 0.4) is 0 Å². The number of fused-ring (bicyclic) bond motifs is 1. The molecule has 4 aromatic rings. The number of para-hydroxylation sites is 1. The van der Waals surface area contributed by atoms with E-state index in [0.29, 0.717) is 44.7 Å². The number of carbonyl (C=O) groups excluding carboxylic acids is 1. The van der Waals surface area contributed by atoms with Crippen LogP contribution in [0.1, 0.15) is 35.7 Å². The molecule has 5 rings (SSSR count). The number of nitrogens with zero attached hydrogens (tertiary/aromatic N) is 6. The van der Waals surface area contributed by atoms with Crippen LogP contribution in [0.25, 0.3) is 17.1 Å². The van der Waals surface area contributed by atoms with Crippen LogP contribution in [0, 0.1) is 5.82 Å². The number of imidazole rings is 1. The van der Waals surface area contributed by atoms with E-state index in [9.17, 15) is 22.4 Å². The molecule has 3 heterocycles. The van der Waals surface area contributed by atoms with Crippen molar-refractivity contribution < 1.29 is 22.4 Å². The fourth-order valence-corrected chi connectivity index (χ4v) is 4.44. The Morgan fingerprint density at radius 3 is 2.67 bits per heavy atom. The minimum absolute atomic E-state index is 0.128. The fourth-order valence-electron chi connectivity index (χ4n) is 4.44. The van der Waals surface area contributed by atoms with Gasteiger partial charge in [0.15, 0.2) is 0 Å². The molecule has 2 aromatic carbocycles. The summed E-state index contributed by atoms with van der Waals surface area (Å²) in [5.74, 6) is -0.174. The molecule has 0 N–H and O–H groups in total. The Morgan fingerprint density at radius 1 is 1.11 bits per heavy atom. The number of piperidine rings is 1. The number of likely N-dealkylation sites (tertiary alicyclic amines) is 1. The van der Waals surface area contributed by atoms with E-state index in [1.54, 1.807) is 15.8 Å². The fraction of sp³-hybridized carbons (Fsp3) is 0.280. The number of hydrogen-bond acceptors (Lipinski definition) is 4. The smallest absolute Gasteiger partial charge is 0.339 e. The van der Waals surface area contributed by atoms with Gasteiger partial charge in [0.1, 0.15) is 23.8 Å². The maximum atomic E-state index is 14.0. The van der Waals surface area contributed by atoms with Crippen molar-refractivity contribution >= 4 is 23.0 Å². The molecule has 0 aliphatic carbocycles. The lowest BCUT2D eigenvalue weighted by molar-refractivity contribution is -0.137. The average molecular weight is 498 g/mol. The average Bonchev–Trinajstić information content (AvgIpc) is 3.50. The molecular formula is C25H22F4N6O. The van der Waals surface area contributed by atoms with E-state index in [4.69, 9.17) is 0 Å². The Labute approximate surface area is 203 Å². The molecule has 1 fully saturated rings. The maximum Gasteiger partial charge on any atom is 0.416 e. The van der Waals surface area contributed by atoms with Crippen LogP contribution in [0.2, 0.25) is 0 Å². The van der Waals surface area contributed by atoms with Crippen molar-refractivity contribution in [1.29, 1.82) is 0 Å². The van der Waals surface area contributed by atoms with Gasteiger partial charge in [-0.3, -0.25) is 4.79 Å². The summed E-state index contributed by atoms with van der Waals surface area (Å²) in [7, 11) is 0. The van der Waals surface area contributed by atoms with Crippen LogP contribution >= 0.6 is 0 Å². The molecule has 36 heavy (non-hydrogen) atoms. The number of rotatable bonds is 5. The van der Waals surface area contributed by atoms with Gasteiger partial charge < -0.3 is 9.47 Å². The topological polar surface area (TPSA) is 68.8 Å². The molecule has 11 heteroatoms. The highest BCUT2D eigenvalue weighted by Gasteiger charge is 2.31. The first-order chi connectivity index (χ1) is 17.3. The lowest BCUT2D eigenvalue weighted by Crippen LogP contribution is -2.37. The second-order valence-electron chi connectivity index (χ2n) is 8.64. The van der Waals surface area contributed by atoms with Gasteiger partial charge in [-0.25, -0.2) is 14.1 Å². The van der Waals surface area contributed by atoms with Crippen molar-refractivity contribution in [2.24, 2.45) is 0 Å². The molecule has 0 atom stereocenters. The first-order valence-electron chi connectivity index (χ1n) is 11.4. The van der Waals surface area contributed by atoms with Gasteiger partial charge in [-0.1, -0.05) is 17.3 Å². The zero-order valence-corrected chi connectivity index (χ0v) is 19.1. The number of aromatic nitrogens is 5. The van der Waals surface area contributed by atoms with Crippen molar-refractivity contribution in [3.05, 3.63) is 83.7 Å². The summed E-state index contributed by atoms with van der Waals surface area (Å²) in [5.41, 5.74) is 0.479. The summed E-state index contributed by atoms with van der Waals surface area (Å²) >= 11 is 0. The van der Waals surface area contributed by atoms with Crippen LogP contribution in [0.15, 0.2) is 60.9 Å². The number of hydrogen-bond donors (Lipinski definition) is 0. The quantitative estimate of drug-likeness (QED) is 0.295. The van der Waals surface area contributed by atoms with Crippen LogP contribution in [0.5, 0.6) is 0 Å². The molecule has 0 spiro atoms. The standard InChI is InChI=1S/C25H22F4N6O/c26-20-7-6-19(25(27,28)29)15-18(20)5-8-23(36)33-12-9-17(10-13-33)24-30-11-14-34(24)16-35-22-4-2-1-3-21(22)31-32-35/h1-8,11,14-15,17H,9-10,12-13,16H2. The van der Waals surface area contributed by atoms with E-state index in [-0.39, 0.29) is 17.4 Å². The number of amides is 1. The van der Waals surface area contributed by atoms with E-state index in [1.807, 2.05) is 35.0 Å². The van der Waals surface area contributed by atoms with E-state index in [0.717, 1.165) is 35.1 Å². The Balaban J connectivity index is 1.22. The first kappa shape index (κ1) is 23.7. The lowest BCUT2D eigenvalue weighted by atomic mass is 9.96. The summed E-state index contributed by atoms with van der Waals surface area (Å²) in [6.07, 6.45) is 2.59. The molecule has 0 radical (unpaired) electrons. The molecule has 0 bridgehead atoms. The third-order valence-corrected chi connectivity index (χ3v) is 6.35. The number of halogens is 4. The van der Waals surface area contributed by atoms with Gasteiger partial charge in [-0.05, 0) is 49.2 Å². The predicted octanol–water partition coefficient (Wildman–Crippen LogP) is 4.71. The van der Waals surface area contributed by atoms with Crippen molar-refractivity contribution in [2.75, 3.05) is 13.1 Å². The summed E-state index contributed by atoms with van der Waals surface area (Å²) in [6, 6.07) is 9.82. The molecule has 0 unspecified atom stereocenters. The molecule has 186 valence electrons. The second kappa shape index (κ2) is 9.56. The van der Waals surface area contributed by atoms with Crippen LogP contribution < -0.4 is 0 Å². The normalized spacial score (nSPS) is 15.3.